The van der Waals surface area contributed by atoms with Crippen LogP contribution in [0.1, 0.15) is 27.2 Å². The topological polar surface area (TPSA) is 70.8 Å². The van der Waals surface area contributed by atoms with Gasteiger partial charge in [-0.15, -0.1) is 0 Å². The highest BCUT2D eigenvalue weighted by Gasteiger charge is 2.28. The molecule has 5 nitrogen and oxygen atoms in total. The molecule has 0 aromatic heterocycles. The molecule has 0 aromatic rings. The van der Waals surface area contributed by atoms with Crippen LogP contribution in [-0.2, 0) is 19.0 Å². The molecule has 1 unspecified atom stereocenters. The monoisotopic (exact) mass is 247 g/mol. The van der Waals surface area contributed by atoms with Gasteiger partial charge in [0.2, 0.25) is 0 Å². The summed E-state index contributed by atoms with van der Waals surface area (Å²) >= 11 is 0. The highest BCUT2D eigenvalue weighted by Crippen LogP contribution is 2.17. The Balaban J connectivity index is 3.52. The Kier molecular flexibility index (Phi) is 8.12. The number of carbonyl (C=O) groups excluding carboxylic acids is 1. The van der Waals surface area contributed by atoms with Gasteiger partial charge >= 0.3 is 5.97 Å². The molecule has 0 aliphatic carbocycles. The van der Waals surface area contributed by atoms with E-state index in [9.17, 15) is 4.79 Å². The number of methoxy groups -OCH3 is 1. The number of ether oxygens (including phenoxy) is 3. The molecular formula is C12H25NO4. The lowest BCUT2D eigenvalue weighted by molar-refractivity contribution is -0.149. The number of carbonyl (C=O) groups is 1. The lowest BCUT2D eigenvalue weighted by Gasteiger charge is -2.24. The lowest BCUT2D eigenvalue weighted by atomic mass is 9.87. The molecule has 0 saturated heterocycles. The first-order valence-electron chi connectivity index (χ1n) is 5.88. The highest BCUT2D eigenvalue weighted by atomic mass is 16.6. The number of nitrogens with two attached hydrogens (primary N) is 1. The first kappa shape index (κ1) is 16.4. The van der Waals surface area contributed by atoms with E-state index in [-0.39, 0.29) is 18.0 Å². The molecule has 0 aliphatic rings. The molecule has 5 heteroatoms. The summed E-state index contributed by atoms with van der Waals surface area (Å²) in [4.78, 5) is 11.5. The summed E-state index contributed by atoms with van der Waals surface area (Å²) in [5, 5.41) is 0. The molecule has 0 saturated carbocycles. The molecule has 0 radical (unpaired) electrons. The third-order valence-corrected chi connectivity index (χ3v) is 2.30. The van der Waals surface area contributed by atoms with Crippen molar-refractivity contribution in [2.75, 3.05) is 33.5 Å². The van der Waals surface area contributed by atoms with E-state index >= 15 is 0 Å². The Labute approximate surface area is 104 Å². The molecule has 0 rings (SSSR count). The van der Waals surface area contributed by atoms with Crippen LogP contribution in [0.3, 0.4) is 0 Å². The highest BCUT2D eigenvalue weighted by molar-refractivity contribution is 5.76. The van der Waals surface area contributed by atoms with Crippen molar-refractivity contribution in [2.24, 2.45) is 11.1 Å². The van der Waals surface area contributed by atoms with Crippen LogP contribution in [0.5, 0.6) is 0 Å². The predicted molar refractivity (Wildman–Crippen MR) is 65.7 cm³/mol. The molecular weight excluding hydrogens is 222 g/mol. The zero-order valence-electron chi connectivity index (χ0n) is 11.3. The second kappa shape index (κ2) is 8.44. The van der Waals surface area contributed by atoms with Crippen LogP contribution in [0.15, 0.2) is 0 Å². The van der Waals surface area contributed by atoms with Crippen molar-refractivity contribution in [1.82, 2.24) is 0 Å². The largest absolute Gasteiger partial charge is 0.462 e. The fourth-order valence-corrected chi connectivity index (χ4v) is 1.05. The molecule has 0 heterocycles. The first-order chi connectivity index (χ1) is 7.89. The van der Waals surface area contributed by atoms with E-state index in [1.54, 1.807) is 7.11 Å². The SMILES string of the molecule is COCCCOCCOC(=O)C(N)C(C)(C)C. The smallest absolute Gasteiger partial charge is 0.323 e. The Morgan fingerprint density at radius 2 is 1.82 bits per heavy atom. The fourth-order valence-electron chi connectivity index (χ4n) is 1.05. The van der Waals surface area contributed by atoms with Crippen molar-refractivity contribution in [3.8, 4) is 0 Å². The average Bonchev–Trinajstić information content (AvgIpc) is 2.25. The van der Waals surface area contributed by atoms with E-state index in [0.717, 1.165) is 6.42 Å². The van der Waals surface area contributed by atoms with Crippen molar-refractivity contribution in [1.29, 1.82) is 0 Å². The molecule has 17 heavy (non-hydrogen) atoms. The van der Waals surface area contributed by atoms with Crippen LogP contribution in [0, 0.1) is 5.41 Å². The average molecular weight is 247 g/mol. The maximum atomic E-state index is 11.5. The number of hydrogen-bond acceptors (Lipinski definition) is 5. The van der Waals surface area contributed by atoms with Gasteiger partial charge in [-0.3, -0.25) is 4.79 Å². The minimum absolute atomic E-state index is 0.246. The van der Waals surface area contributed by atoms with Gasteiger partial charge < -0.3 is 19.9 Å². The predicted octanol–water partition coefficient (Wildman–Crippen LogP) is 0.956. The third kappa shape index (κ3) is 8.12. The summed E-state index contributed by atoms with van der Waals surface area (Å²) in [6.45, 7) is 7.63. The van der Waals surface area contributed by atoms with Crippen molar-refractivity contribution in [2.45, 2.75) is 33.2 Å². The molecule has 1 atom stereocenters. The number of esters is 1. The standard InChI is InChI=1S/C12H25NO4/c1-12(2,3)10(13)11(14)17-9-8-16-7-5-6-15-4/h10H,5-9,13H2,1-4H3. The molecule has 0 aromatic carbocycles. The Morgan fingerprint density at radius 3 is 2.35 bits per heavy atom. The van der Waals surface area contributed by atoms with Gasteiger partial charge in [0, 0.05) is 20.3 Å². The molecule has 0 aliphatic heterocycles. The Bertz CT molecular complexity index is 213. The summed E-state index contributed by atoms with van der Waals surface area (Å²) in [7, 11) is 1.65. The number of rotatable bonds is 8. The van der Waals surface area contributed by atoms with Crippen LogP contribution in [0.2, 0.25) is 0 Å². The minimum Gasteiger partial charge on any atom is -0.462 e. The normalized spacial score (nSPS) is 13.5. The number of hydrogen-bond donors (Lipinski definition) is 1. The van der Waals surface area contributed by atoms with E-state index in [4.69, 9.17) is 19.9 Å². The second-order valence-electron chi connectivity index (χ2n) is 4.97. The van der Waals surface area contributed by atoms with Gasteiger partial charge in [-0.05, 0) is 11.8 Å². The van der Waals surface area contributed by atoms with E-state index in [1.165, 1.54) is 0 Å². The quantitative estimate of drug-likeness (QED) is 0.511. The minimum atomic E-state index is -0.601. The van der Waals surface area contributed by atoms with Crippen LogP contribution in [0.25, 0.3) is 0 Å². The summed E-state index contributed by atoms with van der Waals surface area (Å²) < 4.78 is 15.1. The summed E-state index contributed by atoms with van der Waals surface area (Å²) in [5.41, 5.74) is 5.46. The molecule has 0 fully saturated rings. The maximum absolute atomic E-state index is 11.5. The van der Waals surface area contributed by atoms with Crippen LogP contribution in [0.4, 0.5) is 0 Å². The van der Waals surface area contributed by atoms with Crippen molar-refractivity contribution in [3.05, 3.63) is 0 Å². The first-order valence-corrected chi connectivity index (χ1v) is 5.88. The molecule has 0 amide bonds. The van der Waals surface area contributed by atoms with Gasteiger partial charge in [0.05, 0.1) is 6.61 Å². The van der Waals surface area contributed by atoms with Gasteiger partial charge in [0.25, 0.3) is 0 Å². The fraction of sp³-hybridized carbons (Fsp3) is 0.917. The van der Waals surface area contributed by atoms with Crippen LogP contribution < -0.4 is 5.73 Å². The summed E-state index contributed by atoms with van der Waals surface area (Å²) in [5.74, 6) is -0.377. The summed E-state index contributed by atoms with van der Waals surface area (Å²) in [6.07, 6.45) is 0.839. The van der Waals surface area contributed by atoms with E-state index in [2.05, 4.69) is 0 Å². The van der Waals surface area contributed by atoms with Gasteiger partial charge in [0.1, 0.15) is 12.6 Å². The molecule has 0 bridgehead atoms. The Morgan fingerprint density at radius 1 is 1.18 bits per heavy atom. The second-order valence-corrected chi connectivity index (χ2v) is 4.97. The molecule has 102 valence electrons. The van der Waals surface area contributed by atoms with Gasteiger partial charge in [-0.2, -0.15) is 0 Å². The molecule has 2 N–H and O–H groups in total. The zero-order valence-corrected chi connectivity index (χ0v) is 11.3. The van der Waals surface area contributed by atoms with Crippen LogP contribution >= 0.6 is 0 Å². The third-order valence-electron chi connectivity index (χ3n) is 2.30. The van der Waals surface area contributed by atoms with Gasteiger partial charge in [-0.25, -0.2) is 0 Å². The van der Waals surface area contributed by atoms with Gasteiger partial charge in [-0.1, -0.05) is 20.8 Å². The Hall–Kier alpha value is -0.650. The lowest BCUT2D eigenvalue weighted by Crippen LogP contribution is -2.43. The van der Waals surface area contributed by atoms with Crippen molar-refractivity contribution in [3.63, 3.8) is 0 Å². The van der Waals surface area contributed by atoms with E-state index < -0.39 is 6.04 Å². The van der Waals surface area contributed by atoms with Crippen molar-refractivity contribution < 1.29 is 19.0 Å². The summed E-state index contributed by atoms with van der Waals surface area (Å²) in [6, 6.07) is -0.601. The zero-order chi connectivity index (χ0) is 13.3. The molecule has 0 spiro atoms. The maximum Gasteiger partial charge on any atom is 0.323 e. The van der Waals surface area contributed by atoms with E-state index in [0.29, 0.717) is 19.8 Å². The van der Waals surface area contributed by atoms with Crippen molar-refractivity contribution >= 4 is 5.97 Å². The van der Waals surface area contributed by atoms with E-state index in [1.807, 2.05) is 20.8 Å². The van der Waals surface area contributed by atoms with Crippen LogP contribution in [-0.4, -0.2) is 45.5 Å². The van der Waals surface area contributed by atoms with Gasteiger partial charge in [0.15, 0.2) is 0 Å².